The molecule has 2 saturated heterocycles. The summed E-state index contributed by atoms with van der Waals surface area (Å²) in [5.41, 5.74) is 3.41. The lowest BCUT2D eigenvalue weighted by atomic mass is 10.1. The van der Waals surface area contributed by atoms with Crippen molar-refractivity contribution in [3.63, 3.8) is 0 Å². The number of ether oxygens (including phenoxy) is 6. The van der Waals surface area contributed by atoms with Gasteiger partial charge in [-0.1, -0.05) is 78.1 Å². The van der Waals surface area contributed by atoms with Crippen LogP contribution in [0.15, 0.2) is 70.6 Å². The Hall–Kier alpha value is -3.88. The first-order valence-electron chi connectivity index (χ1n) is 18.9. The minimum atomic E-state index is 0.223. The van der Waals surface area contributed by atoms with Crippen LogP contribution in [-0.2, 0) is 9.47 Å². The number of rotatable bonds is 26. The Balaban J connectivity index is 1.32. The number of hydrogen-bond donors (Lipinski definition) is 0. The summed E-state index contributed by atoms with van der Waals surface area (Å²) in [5.74, 6) is 3.16. The molecular formula is C42H56N2O6. The monoisotopic (exact) mass is 684 g/mol. The van der Waals surface area contributed by atoms with Crippen molar-refractivity contribution in [2.45, 2.75) is 103 Å². The van der Waals surface area contributed by atoms with Crippen molar-refractivity contribution < 1.29 is 28.4 Å². The highest BCUT2D eigenvalue weighted by Crippen LogP contribution is 2.30. The fraction of sp³-hybridized carbons (Fsp3) is 0.524. The molecule has 270 valence electrons. The molecule has 0 saturated carbocycles. The third kappa shape index (κ3) is 14.2. The lowest BCUT2D eigenvalue weighted by molar-refractivity contribution is 0.263. The first kappa shape index (κ1) is 37.4. The molecule has 0 amide bonds. The third-order valence-electron chi connectivity index (χ3n) is 8.71. The van der Waals surface area contributed by atoms with Gasteiger partial charge in [0.2, 0.25) is 0 Å². The van der Waals surface area contributed by atoms with Gasteiger partial charge in [-0.05, 0) is 73.5 Å². The standard InChI is InChI=1S/C42H56N2O6/c1-3-5-7-9-11-13-23-45-41-25-34(28-44-36-17-21-38(22-18-36)48-30-40-32-50-40)42(46-24-14-12-10-8-6-4-2)26-33(41)27-43-35-15-19-37(20-16-35)47-29-39-31-49-39/h15-22,25-28,39-40H,3-14,23-24,29-32H2,1-2H3. The Labute approximate surface area is 299 Å². The van der Waals surface area contributed by atoms with Gasteiger partial charge < -0.3 is 28.4 Å². The number of nitrogens with zero attached hydrogens (tertiary/aromatic N) is 2. The van der Waals surface area contributed by atoms with Crippen LogP contribution in [-0.4, -0.2) is 64.3 Å². The van der Waals surface area contributed by atoms with Gasteiger partial charge in [0, 0.05) is 23.6 Å². The van der Waals surface area contributed by atoms with Crippen LogP contribution >= 0.6 is 0 Å². The van der Waals surface area contributed by atoms with E-state index in [1.54, 1.807) is 0 Å². The van der Waals surface area contributed by atoms with E-state index in [4.69, 9.17) is 38.4 Å². The second kappa shape index (κ2) is 21.4. The lowest BCUT2D eigenvalue weighted by Crippen LogP contribution is -2.05. The predicted molar refractivity (Wildman–Crippen MR) is 202 cm³/mol. The Morgan fingerprint density at radius 1 is 0.540 bits per heavy atom. The van der Waals surface area contributed by atoms with Crippen LogP contribution in [0.5, 0.6) is 23.0 Å². The number of hydrogen-bond acceptors (Lipinski definition) is 8. The molecule has 5 rings (SSSR count). The first-order valence-corrected chi connectivity index (χ1v) is 18.9. The van der Waals surface area contributed by atoms with Gasteiger partial charge in [-0.2, -0.15) is 0 Å². The van der Waals surface area contributed by atoms with Crippen LogP contribution in [0, 0.1) is 0 Å². The zero-order valence-corrected chi connectivity index (χ0v) is 30.2. The molecule has 8 nitrogen and oxygen atoms in total. The summed E-state index contributed by atoms with van der Waals surface area (Å²) in [5, 5.41) is 0. The Morgan fingerprint density at radius 3 is 1.30 bits per heavy atom. The quantitative estimate of drug-likeness (QED) is 0.0475. The number of aliphatic imine (C=N–C) groups is 2. The molecular weight excluding hydrogens is 628 g/mol. The van der Waals surface area contributed by atoms with E-state index in [9.17, 15) is 0 Å². The van der Waals surface area contributed by atoms with Crippen LogP contribution < -0.4 is 18.9 Å². The maximum atomic E-state index is 6.44. The molecule has 3 aromatic rings. The van der Waals surface area contributed by atoms with Crippen molar-refractivity contribution in [1.29, 1.82) is 0 Å². The molecule has 3 aromatic carbocycles. The van der Waals surface area contributed by atoms with Crippen molar-refractivity contribution in [2.75, 3.05) is 39.6 Å². The maximum Gasteiger partial charge on any atom is 0.128 e. The summed E-state index contributed by atoms with van der Waals surface area (Å²) in [4.78, 5) is 9.62. The van der Waals surface area contributed by atoms with E-state index >= 15 is 0 Å². The molecule has 8 heteroatoms. The lowest BCUT2D eigenvalue weighted by Gasteiger charge is -2.15. The molecule has 0 N–H and O–H groups in total. The van der Waals surface area contributed by atoms with Gasteiger partial charge in [-0.3, -0.25) is 9.98 Å². The Bertz CT molecular complexity index is 1340. The van der Waals surface area contributed by atoms with Gasteiger partial charge in [-0.15, -0.1) is 0 Å². The molecule has 0 spiro atoms. The molecule has 50 heavy (non-hydrogen) atoms. The van der Waals surface area contributed by atoms with E-state index in [0.717, 1.165) is 84.4 Å². The zero-order valence-electron chi connectivity index (χ0n) is 30.2. The van der Waals surface area contributed by atoms with Crippen LogP contribution in [0.3, 0.4) is 0 Å². The van der Waals surface area contributed by atoms with E-state index in [0.29, 0.717) is 26.4 Å². The largest absolute Gasteiger partial charge is 0.493 e. The third-order valence-corrected chi connectivity index (χ3v) is 8.71. The van der Waals surface area contributed by atoms with Gasteiger partial charge in [0.15, 0.2) is 0 Å². The highest BCUT2D eigenvalue weighted by atomic mass is 16.6. The summed E-state index contributed by atoms with van der Waals surface area (Å²) in [6, 6.07) is 19.7. The van der Waals surface area contributed by atoms with Crippen LogP contribution in [0.1, 0.15) is 102 Å². The van der Waals surface area contributed by atoms with Crippen molar-refractivity contribution in [3.05, 3.63) is 71.8 Å². The molecule has 0 bridgehead atoms. The van der Waals surface area contributed by atoms with E-state index in [1.807, 2.05) is 73.1 Å². The Morgan fingerprint density at radius 2 is 0.920 bits per heavy atom. The fourth-order valence-electron chi connectivity index (χ4n) is 5.42. The van der Waals surface area contributed by atoms with Crippen molar-refractivity contribution in [1.82, 2.24) is 0 Å². The highest BCUT2D eigenvalue weighted by Gasteiger charge is 2.23. The topological polar surface area (TPSA) is 86.7 Å². The summed E-state index contributed by atoms with van der Waals surface area (Å²) in [6.45, 7) is 8.49. The van der Waals surface area contributed by atoms with E-state index in [1.165, 1.54) is 51.4 Å². The van der Waals surface area contributed by atoms with Crippen LogP contribution in [0.25, 0.3) is 0 Å². The molecule has 2 aliphatic heterocycles. The average molecular weight is 685 g/mol. The summed E-state index contributed by atoms with van der Waals surface area (Å²) >= 11 is 0. The smallest absolute Gasteiger partial charge is 0.128 e. The summed E-state index contributed by atoms with van der Waals surface area (Å²) in [6.07, 6.45) is 18.6. The fourth-order valence-corrected chi connectivity index (χ4v) is 5.42. The summed E-state index contributed by atoms with van der Waals surface area (Å²) < 4.78 is 35.0. The molecule has 2 fully saturated rings. The minimum absolute atomic E-state index is 0.223. The van der Waals surface area contributed by atoms with Gasteiger partial charge in [0.1, 0.15) is 48.4 Å². The van der Waals surface area contributed by atoms with E-state index in [-0.39, 0.29) is 12.2 Å². The van der Waals surface area contributed by atoms with Gasteiger partial charge in [0.05, 0.1) is 37.8 Å². The molecule has 0 aliphatic carbocycles. The normalized spacial score (nSPS) is 16.6. The van der Waals surface area contributed by atoms with E-state index in [2.05, 4.69) is 13.8 Å². The zero-order chi connectivity index (χ0) is 34.6. The molecule has 2 heterocycles. The maximum absolute atomic E-state index is 6.44. The summed E-state index contributed by atoms with van der Waals surface area (Å²) in [7, 11) is 0. The van der Waals surface area contributed by atoms with Crippen molar-refractivity contribution in [3.8, 4) is 23.0 Å². The van der Waals surface area contributed by atoms with Crippen LogP contribution in [0.2, 0.25) is 0 Å². The van der Waals surface area contributed by atoms with Gasteiger partial charge in [-0.25, -0.2) is 0 Å². The Kier molecular flexibility index (Phi) is 16.0. The van der Waals surface area contributed by atoms with Crippen molar-refractivity contribution >= 4 is 23.8 Å². The van der Waals surface area contributed by atoms with Gasteiger partial charge in [0.25, 0.3) is 0 Å². The minimum Gasteiger partial charge on any atom is -0.493 e. The predicted octanol–water partition coefficient (Wildman–Crippen LogP) is 10.2. The highest BCUT2D eigenvalue weighted by molar-refractivity contribution is 5.92. The number of epoxide rings is 2. The molecule has 2 atom stereocenters. The molecule has 2 aliphatic rings. The molecule has 2 unspecified atom stereocenters. The van der Waals surface area contributed by atoms with Crippen molar-refractivity contribution in [2.24, 2.45) is 9.98 Å². The number of unbranched alkanes of at least 4 members (excludes halogenated alkanes) is 10. The number of benzene rings is 3. The molecule has 0 radical (unpaired) electrons. The van der Waals surface area contributed by atoms with E-state index < -0.39 is 0 Å². The second-order valence-electron chi connectivity index (χ2n) is 13.2. The van der Waals surface area contributed by atoms with Crippen LogP contribution in [0.4, 0.5) is 11.4 Å². The molecule has 0 aromatic heterocycles. The second-order valence-corrected chi connectivity index (χ2v) is 13.2. The average Bonchev–Trinajstić information content (AvgIpc) is 4.09. The first-order chi connectivity index (χ1) is 24.7. The van der Waals surface area contributed by atoms with Gasteiger partial charge >= 0.3 is 0 Å². The SMILES string of the molecule is CCCCCCCCOc1cc(C=Nc2ccc(OCC3CO3)cc2)c(OCCCCCCCC)cc1C=Nc1ccc(OCC2CO2)cc1.